The minimum absolute atomic E-state index is 0.0927. The summed E-state index contributed by atoms with van der Waals surface area (Å²) in [5.41, 5.74) is 2.17. The molecule has 7 nitrogen and oxygen atoms in total. The zero-order chi connectivity index (χ0) is 18.8. The molecule has 7 heteroatoms. The van der Waals surface area contributed by atoms with Crippen LogP contribution in [0, 0.1) is 10.1 Å². The summed E-state index contributed by atoms with van der Waals surface area (Å²) < 4.78 is 1.38. The van der Waals surface area contributed by atoms with Gasteiger partial charge < -0.3 is 0 Å². The van der Waals surface area contributed by atoms with Crippen LogP contribution in [-0.4, -0.2) is 19.5 Å². The molecule has 0 radical (unpaired) electrons. The summed E-state index contributed by atoms with van der Waals surface area (Å²) in [5.74, 6) is 0. The Hall–Kier alpha value is -3.87. The molecule has 0 bridgehead atoms. The molecular formula is C20H14N4O3. The molecule has 0 saturated heterocycles. The highest BCUT2D eigenvalue weighted by molar-refractivity contribution is 5.72. The lowest BCUT2D eigenvalue weighted by Gasteiger charge is -2.11. The first-order valence-electron chi connectivity index (χ1n) is 8.29. The van der Waals surface area contributed by atoms with E-state index >= 15 is 0 Å². The maximum atomic E-state index is 13.2. The van der Waals surface area contributed by atoms with Crippen molar-refractivity contribution < 1.29 is 4.92 Å². The Bertz CT molecular complexity index is 1200. The first kappa shape index (κ1) is 16.6. The van der Waals surface area contributed by atoms with E-state index in [4.69, 9.17) is 0 Å². The molecule has 2 aromatic carbocycles. The van der Waals surface area contributed by atoms with Crippen molar-refractivity contribution >= 4 is 16.9 Å². The fourth-order valence-corrected chi connectivity index (χ4v) is 2.96. The maximum absolute atomic E-state index is 13.2. The molecule has 0 spiro atoms. The minimum atomic E-state index is -0.490. The molecule has 2 heterocycles. The van der Waals surface area contributed by atoms with Crippen LogP contribution in [0.25, 0.3) is 16.9 Å². The van der Waals surface area contributed by atoms with Crippen LogP contribution >= 0.6 is 0 Å². The van der Waals surface area contributed by atoms with Crippen molar-refractivity contribution in [2.75, 3.05) is 0 Å². The predicted octanol–water partition coefficient (Wildman–Crippen LogP) is 3.28. The molecular weight excluding hydrogens is 344 g/mol. The second-order valence-corrected chi connectivity index (χ2v) is 5.98. The van der Waals surface area contributed by atoms with Crippen LogP contribution in [0.1, 0.15) is 11.3 Å². The van der Waals surface area contributed by atoms with Gasteiger partial charge in [0.2, 0.25) is 0 Å². The van der Waals surface area contributed by atoms with Gasteiger partial charge in [-0.2, -0.15) is 0 Å². The number of nitrogens with zero attached hydrogens (tertiary/aromatic N) is 4. The van der Waals surface area contributed by atoms with Crippen LogP contribution in [0.5, 0.6) is 0 Å². The van der Waals surface area contributed by atoms with Crippen LogP contribution in [0.4, 0.5) is 5.69 Å². The normalized spacial score (nSPS) is 10.8. The number of hydrogen-bond acceptors (Lipinski definition) is 5. The lowest BCUT2D eigenvalue weighted by Crippen LogP contribution is -2.25. The van der Waals surface area contributed by atoms with E-state index in [2.05, 4.69) is 9.97 Å². The third-order valence-corrected chi connectivity index (χ3v) is 4.20. The van der Waals surface area contributed by atoms with E-state index in [-0.39, 0.29) is 11.2 Å². The van der Waals surface area contributed by atoms with Crippen molar-refractivity contribution in [3.63, 3.8) is 0 Å². The third-order valence-electron chi connectivity index (χ3n) is 4.20. The van der Waals surface area contributed by atoms with Crippen molar-refractivity contribution in [2.24, 2.45) is 0 Å². The summed E-state index contributed by atoms with van der Waals surface area (Å²) in [5, 5.41) is 11.1. The quantitative estimate of drug-likeness (QED) is 0.412. The van der Waals surface area contributed by atoms with Crippen LogP contribution in [-0.2, 0) is 6.42 Å². The fraction of sp³-hybridized carbons (Fsp3) is 0.0500. The van der Waals surface area contributed by atoms with Gasteiger partial charge in [0.15, 0.2) is 5.65 Å². The highest BCUT2D eigenvalue weighted by atomic mass is 16.6. The average Bonchev–Trinajstić information content (AvgIpc) is 2.69. The van der Waals surface area contributed by atoms with Crippen molar-refractivity contribution in [3.8, 4) is 5.69 Å². The number of hydrogen-bond donors (Lipinski definition) is 0. The maximum Gasteiger partial charge on any atom is 0.278 e. The minimum Gasteiger partial charge on any atom is -0.267 e. The van der Waals surface area contributed by atoms with E-state index < -0.39 is 4.92 Å². The second-order valence-electron chi connectivity index (χ2n) is 5.98. The monoisotopic (exact) mass is 358 g/mol. The Balaban J connectivity index is 1.96. The summed E-state index contributed by atoms with van der Waals surface area (Å²) in [6, 6.07) is 19.0. The van der Waals surface area contributed by atoms with Gasteiger partial charge in [0.25, 0.3) is 11.2 Å². The molecule has 132 valence electrons. The molecule has 0 atom stereocenters. The van der Waals surface area contributed by atoms with Crippen molar-refractivity contribution in [1.29, 1.82) is 0 Å². The molecule has 0 amide bonds. The zero-order valence-corrected chi connectivity index (χ0v) is 14.1. The SMILES string of the molecule is O=c1c(Cc2ccccc2)nc2cccnc2n1-c1cccc([N+](=O)[O-])c1. The predicted molar refractivity (Wildman–Crippen MR) is 101 cm³/mol. The van der Waals surface area contributed by atoms with E-state index in [1.54, 1.807) is 30.5 Å². The van der Waals surface area contributed by atoms with Crippen molar-refractivity contribution in [1.82, 2.24) is 14.5 Å². The van der Waals surface area contributed by atoms with Gasteiger partial charge in [0.05, 0.1) is 10.6 Å². The highest BCUT2D eigenvalue weighted by Crippen LogP contribution is 2.19. The molecule has 4 rings (SSSR count). The summed E-state index contributed by atoms with van der Waals surface area (Å²) in [6.45, 7) is 0. The number of non-ortho nitro benzene ring substituents is 1. The number of aromatic nitrogens is 3. The number of benzene rings is 2. The third kappa shape index (κ3) is 3.18. The molecule has 0 saturated carbocycles. The average molecular weight is 358 g/mol. The standard InChI is InChI=1S/C20H14N4O3/c25-20-18(12-14-6-2-1-3-7-14)22-17-10-5-11-21-19(17)23(20)15-8-4-9-16(13-15)24(26)27/h1-11,13H,12H2. The van der Waals surface area contributed by atoms with Gasteiger partial charge in [0, 0.05) is 24.8 Å². The Morgan fingerprint density at radius 3 is 2.59 bits per heavy atom. The van der Waals surface area contributed by atoms with E-state index in [1.165, 1.54) is 16.7 Å². The largest absolute Gasteiger partial charge is 0.278 e. The van der Waals surface area contributed by atoms with Gasteiger partial charge in [-0.25, -0.2) is 9.97 Å². The Labute approximate surface area is 153 Å². The van der Waals surface area contributed by atoms with Gasteiger partial charge in [-0.15, -0.1) is 0 Å². The molecule has 0 fully saturated rings. The van der Waals surface area contributed by atoms with Crippen LogP contribution in [0.3, 0.4) is 0 Å². The molecule has 0 aliphatic heterocycles. The van der Waals surface area contributed by atoms with Gasteiger partial charge in [0.1, 0.15) is 11.2 Å². The van der Waals surface area contributed by atoms with Gasteiger partial charge in [-0.1, -0.05) is 36.4 Å². The fourth-order valence-electron chi connectivity index (χ4n) is 2.96. The number of nitro groups is 1. The van der Waals surface area contributed by atoms with Crippen LogP contribution in [0.2, 0.25) is 0 Å². The Morgan fingerprint density at radius 1 is 1.00 bits per heavy atom. The number of pyridine rings is 1. The topological polar surface area (TPSA) is 90.9 Å². The second kappa shape index (κ2) is 6.80. The van der Waals surface area contributed by atoms with E-state index in [1.807, 2.05) is 30.3 Å². The van der Waals surface area contributed by atoms with Crippen molar-refractivity contribution in [2.45, 2.75) is 6.42 Å². The molecule has 0 unspecified atom stereocenters. The number of nitro benzene ring substituents is 1. The summed E-state index contributed by atoms with van der Waals surface area (Å²) in [6.07, 6.45) is 1.92. The Kier molecular flexibility index (Phi) is 4.18. The summed E-state index contributed by atoms with van der Waals surface area (Å²) >= 11 is 0. The van der Waals surface area contributed by atoms with Crippen LogP contribution < -0.4 is 5.56 Å². The molecule has 2 aromatic heterocycles. The molecule has 0 aliphatic rings. The number of rotatable bonds is 4. The molecule has 27 heavy (non-hydrogen) atoms. The van der Waals surface area contributed by atoms with E-state index in [0.29, 0.717) is 29.0 Å². The van der Waals surface area contributed by atoms with E-state index in [9.17, 15) is 14.9 Å². The molecule has 0 N–H and O–H groups in total. The lowest BCUT2D eigenvalue weighted by atomic mass is 10.1. The molecule has 4 aromatic rings. The number of fused-ring (bicyclic) bond motifs is 1. The summed E-state index contributed by atoms with van der Waals surface area (Å²) in [4.78, 5) is 32.6. The first-order valence-corrected chi connectivity index (χ1v) is 8.29. The van der Waals surface area contributed by atoms with Gasteiger partial charge in [-0.05, 0) is 23.8 Å². The van der Waals surface area contributed by atoms with E-state index in [0.717, 1.165) is 5.56 Å². The first-order chi connectivity index (χ1) is 13.1. The van der Waals surface area contributed by atoms with Gasteiger partial charge >= 0.3 is 0 Å². The Morgan fingerprint density at radius 2 is 1.81 bits per heavy atom. The molecule has 0 aliphatic carbocycles. The summed E-state index contributed by atoms with van der Waals surface area (Å²) in [7, 11) is 0. The van der Waals surface area contributed by atoms with Crippen LogP contribution in [0.15, 0.2) is 77.7 Å². The van der Waals surface area contributed by atoms with Crippen molar-refractivity contribution in [3.05, 3.63) is 105 Å². The highest BCUT2D eigenvalue weighted by Gasteiger charge is 2.16. The lowest BCUT2D eigenvalue weighted by molar-refractivity contribution is -0.384. The smallest absolute Gasteiger partial charge is 0.267 e. The zero-order valence-electron chi connectivity index (χ0n) is 14.1. The van der Waals surface area contributed by atoms with Gasteiger partial charge in [-0.3, -0.25) is 19.5 Å².